The van der Waals surface area contributed by atoms with Gasteiger partial charge in [-0.05, 0) is 87.2 Å². The van der Waals surface area contributed by atoms with Crippen LogP contribution in [0.5, 0.6) is 11.6 Å². The molecule has 8 atom stereocenters. The first-order chi connectivity index (χ1) is 27.0. The molecule has 1 aromatic carbocycles. The zero-order chi connectivity index (χ0) is 40.9. The highest BCUT2D eigenvalue weighted by Gasteiger charge is 2.63. The molecule has 1 saturated heterocycles. The largest absolute Gasteiger partial charge is 0.497 e. The number of hydrogen-bond acceptors (Lipinski definition) is 11. The second-order valence-electron chi connectivity index (χ2n) is 17.6. The first kappa shape index (κ1) is 40.9. The Labute approximate surface area is 333 Å². The van der Waals surface area contributed by atoms with Crippen molar-refractivity contribution in [3.05, 3.63) is 23.9 Å². The van der Waals surface area contributed by atoms with Crippen molar-refractivity contribution in [1.29, 1.82) is 0 Å². The van der Waals surface area contributed by atoms with Gasteiger partial charge in [-0.25, -0.2) is 23.2 Å². The van der Waals surface area contributed by atoms with Crippen LogP contribution < -0.4 is 24.8 Å². The monoisotopic (exact) mass is 814 g/mol. The highest BCUT2D eigenvalue weighted by atomic mass is 32.2. The van der Waals surface area contributed by atoms with Crippen LogP contribution in [0.3, 0.4) is 0 Å². The maximum atomic E-state index is 14.8. The van der Waals surface area contributed by atoms with Gasteiger partial charge in [-0.3, -0.25) is 23.5 Å². The van der Waals surface area contributed by atoms with Crippen molar-refractivity contribution in [3.63, 3.8) is 0 Å². The number of methoxy groups -OCH3 is 1. The molecule has 0 radical (unpaired) electrons. The van der Waals surface area contributed by atoms with Crippen molar-refractivity contribution < 1.29 is 46.2 Å². The van der Waals surface area contributed by atoms with E-state index >= 15 is 0 Å². The number of nitrogens with zero attached hydrogens (tertiary/aromatic N) is 3. The van der Waals surface area contributed by atoms with E-state index in [1.807, 2.05) is 12.1 Å². The normalized spacial score (nSPS) is 30.7. The third kappa shape index (κ3) is 8.77. The molecule has 1 aromatic heterocycles. The quantitative estimate of drug-likeness (QED) is 0.330. The lowest BCUT2D eigenvalue weighted by molar-refractivity contribution is -0.143. The number of amides is 4. The molecule has 3 heterocycles. The summed E-state index contributed by atoms with van der Waals surface area (Å²) in [6.45, 7) is 6.45. The Hall–Kier alpha value is -4.28. The molecule has 3 aliphatic carbocycles. The van der Waals surface area contributed by atoms with Gasteiger partial charge in [-0.2, -0.15) is 0 Å². The Morgan fingerprint density at radius 2 is 1.84 bits per heavy atom. The van der Waals surface area contributed by atoms with Crippen LogP contribution in [-0.4, -0.2) is 103 Å². The van der Waals surface area contributed by atoms with Crippen molar-refractivity contribution in [3.8, 4) is 11.6 Å². The van der Waals surface area contributed by atoms with E-state index in [0.29, 0.717) is 41.7 Å². The molecule has 312 valence electrons. The average Bonchev–Trinajstić information content (AvgIpc) is 4.07. The van der Waals surface area contributed by atoms with E-state index < -0.39 is 86.7 Å². The summed E-state index contributed by atoms with van der Waals surface area (Å²) in [6.07, 6.45) is 4.47. The number of halogens is 1. The molecule has 15 nitrogen and oxygen atoms in total. The number of rotatable bonds is 9. The van der Waals surface area contributed by atoms with E-state index in [9.17, 15) is 32.0 Å². The van der Waals surface area contributed by atoms with Gasteiger partial charge in [-0.15, -0.1) is 0 Å². The van der Waals surface area contributed by atoms with Gasteiger partial charge < -0.3 is 29.7 Å². The predicted molar refractivity (Wildman–Crippen MR) is 206 cm³/mol. The zero-order valence-corrected chi connectivity index (χ0v) is 34.2. The summed E-state index contributed by atoms with van der Waals surface area (Å²) >= 11 is 0. The minimum atomic E-state index is -3.96. The van der Waals surface area contributed by atoms with E-state index in [-0.39, 0.29) is 43.7 Å². The zero-order valence-electron chi connectivity index (χ0n) is 33.3. The topological polar surface area (TPSA) is 195 Å². The molecule has 3 saturated carbocycles. The fourth-order valence-corrected chi connectivity index (χ4v) is 9.77. The molecule has 17 heteroatoms. The summed E-state index contributed by atoms with van der Waals surface area (Å²) in [6, 6.07) is 3.07. The Balaban J connectivity index is 1.24. The Morgan fingerprint density at radius 1 is 1.07 bits per heavy atom. The third-order valence-electron chi connectivity index (χ3n) is 12.2. The number of alkyl halides is 1. The maximum absolute atomic E-state index is 14.8. The summed E-state index contributed by atoms with van der Waals surface area (Å²) in [5, 5.41) is 4.97. The van der Waals surface area contributed by atoms with Crippen LogP contribution in [0.4, 0.5) is 9.18 Å². The molecule has 4 fully saturated rings. The van der Waals surface area contributed by atoms with Crippen LogP contribution in [0, 0.1) is 23.2 Å². The minimum Gasteiger partial charge on any atom is -0.497 e. The van der Waals surface area contributed by atoms with Crippen LogP contribution in [0.15, 0.2) is 18.2 Å². The van der Waals surface area contributed by atoms with Crippen molar-refractivity contribution in [2.45, 2.75) is 133 Å². The summed E-state index contributed by atoms with van der Waals surface area (Å²) in [5.41, 5.74) is -0.600. The number of aryl methyl sites for hydroxylation is 1. The highest BCUT2D eigenvalue weighted by Crippen LogP contribution is 2.48. The molecule has 0 spiro atoms. The van der Waals surface area contributed by atoms with Crippen LogP contribution in [0.25, 0.3) is 11.0 Å². The van der Waals surface area contributed by atoms with E-state index in [4.69, 9.17) is 24.2 Å². The molecule has 3 N–H and O–H groups in total. The lowest BCUT2D eigenvalue weighted by atomic mass is 9.85. The molecule has 2 aromatic rings. The number of sulfonamides is 1. The fraction of sp³-hybridized carbons (Fsp3) is 0.700. The fourth-order valence-electron chi connectivity index (χ4n) is 8.41. The second-order valence-corrected chi connectivity index (χ2v) is 19.6. The number of hydrogen-bond donors (Lipinski definition) is 3. The van der Waals surface area contributed by atoms with Gasteiger partial charge in [0.2, 0.25) is 27.7 Å². The molecule has 0 unspecified atom stereocenters. The number of fused-ring (bicyclic) bond motifs is 5. The number of benzene rings is 1. The summed E-state index contributed by atoms with van der Waals surface area (Å²) < 4.78 is 59.1. The molecule has 2 aliphatic heterocycles. The molecule has 7 rings (SSSR count). The second kappa shape index (κ2) is 15.8. The predicted octanol–water partition coefficient (Wildman–Crippen LogP) is 4.11. The van der Waals surface area contributed by atoms with Gasteiger partial charge >= 0.3 is 6.09 Å². The van der Waals surface area contributed by atoms with E-state index in [0.717, 1.165) is 32.1 Å². The van der Waals surface area contributed by atoms with Gasteiger partial charge in [0.15, 0.2) is 0 Å². The van der Waals surface area contributed by atoms with E-state index in [1.54, 1.807) is 40.9 Å². The van der Waals surface area contributed by atoms with Crippen LogP contribution in [0.1, 0.15) is 97.6 Å². The number of carbonyl (C=O) groups excluding carboxylic acids is 4. The number of aromatic nitrogens is 2. The summed E-state index contributed by atoms with van der Waals surface area (Å²) in [4.78, 5) is 67.7. The lowest BCUT2D eigenvalue weighted by Gasteiger charge is -2.36. The Morgan fingerprint density at radius 3 is 2.54 bits per heavy atom. The summed E-state index contributed by atoms with van der Waals surface area (Å²) in [7, 11) is -2.40. The number of carbonyl (C=O) groups is 4. The van der Waals surface area contributed by atoms with Crippen molar-refractivity contribution in [1.82, 2.24) is 30.2 Å². The lowest BCUT2D eigenvalue weighted by Crippen LogP contribution is -2.61. The number of ether oxygens (including phenoxy) is 3. The van der Waals surface area contributed by atoms with Crippen LogP contribution in [0.2, 0.25) is 0 Å². The first-order valence-corrected chi connectivity index (χ1v) is 21.8. The van der Waals surface area contributed by atoms with Gasteiger partial charge in [0.1, 0.15) is 41.3 Å². The summed E-state index contributed by atoms with van der Waals surface area (Å²) in [5.74, 6) is -2.23. The molecular formula is C40H55FN6O9S. The molecular weight excluding hydrogens is 760 g/mol. The Bertz CT molecular complexity index is 2010. The van der Waals surface area contributed by atoms with Crippen LogP contribution in [-0.2, 0) is 35.6 Å². The van der Waals surface area contributed by atoms with Gasteiger partial charge in [0.25, 0.3) is 5.91 Å². The van der Waals surface area contributed by atoms with E-state index in [2.05, 4.69) is 15.4 Å². The standard InChI is InChI=1S/C40H55FN6O9S/c1-22-31-21-47(32(22)34(48)45-40(20-24(40)11-9-17-41)37(50)46-57(52,53)26-14-15-26)36(49)33(39(2,3)4)44-38(51)56-30-18-23(30)10-7-6-8-12-28-35(55-31)43-29-19-25(54-5)13-16-27(29)42-28/h13,16,19,22-24,26,30-33H,6-12,14-15,17-18,20-21H2,1-5H3,(H,44,51)(H,45,48)(H,46,50)/t22-,23-,24-,30-,31+,32+,33-,40-/m1/s1. The van der Waals surface area contributed by atoms with E-state index in [1.165, 1.54) is 4.90 Å². The Kier molecular flexibility index (Phi) is 11.3. The number of alkyl carbamates (subject to hydrolysis) is 1. The minimum absolute atomic E-state index is 0.0795. The average molecular weight is 815 g/mol. The first-order valence-electron chi connectivity index (χ1n) is 20.3. The maximum Gasteiger partial charge on any atom is 0.408 e. The van der Waals surface area contributed by atoms with Gasteiger partial charge in [0.05, 0.1) is 36.6 Å². The van der Waals surface area contributed by atoms with Gasteiger partial charge in [-0.1, -0.05) is 40.5 Å². The van der Waals surface area contributed by atoms with Crippen molar-refractivity contribution in [2.24, 2.45) is 23.2 Å². The highest BCUT2D eigenvalue weighted by molar-refractivity contribution is 7.91. The smallest absolute Gasteiger partial charge is 0.408 e. The number of nitrogens with one attached hydrogen (secondary N) is 3. The molecule has 2 bridgehead atoms. The molecule has 5 aliphatic rings. The van der Waals surface area contributed by atoms with Crippen molar-refractivity contribution >= 4 is 44.9 Å². The SMILES string of the molecule is COc1ccc2nc3c(nc2c1)O[C@H]1CN(C(=O)[C@H](C(C)(C)C)NC(=O)O[C@@H]2C[C@H]2CCCCC3)[C@H](C(=O)N[C@]2(C(=O)NS(=O)(=O)C3CC3)C[C@H]2CCCF)[C@@H]1C. The van der Waals surface area contributed by atoms with Gasteiger partial charge in [0, 0.05) is 12.0 Å². The van der Waals surface area contributed by atoms with Crippen LogP contribution >= 0.6 is 0 Å². The van der Waals surface area contributed by atoms with Crippen molar-refractivity contribution in [2.75, 3.05) is 20.3 Å². The molecule has 57 heavy (non-hydrogen) atoms. The third-order valence-corrected chi connectivity index (χ3v) is 14.1. The molecule has 4 amide bonds.